The Morgan fingerprint density at radius 2 is 2.00 bits per heavy atom. The molecule has 0 aliphatic carbocycles. The van der Waals surface area contributed by atoms with E-state index in [-0.39, 0.29) is 0 Å². The van der Waals surface area contributed by atoms with Crippen LogP contribution in [0.25, 0.3) is 0 Å². The van der Waals surface area contributed by atoms with E-state index in [9.17, 15) is 4.79 Å². The van der Waals surface area contributed by atoms with Crippen LogP contribution in [0.5, 0.6) is 11.5 Å². The monoisotopic (exact) mass is 308 g/mol. The first-order valence-electron chi connectivity index (χ1n) is 6.16. The lowest BCUT2D eigenvalue weighted by atomic mass is 10.2. The maximum Gasteiger partial charge on any atom is 0.357 e. The summed E-state index contributed by atoms with van der Waals surface area (Å²) >= 11 is 1.35. The zero-order valence-corrected chi connectivity index (χ0v) is 12.8. The summed E-state index contributed by atoms with van der Waals surface area (Å²) in [5.41, 5.74) is 1.32. The third-order valence-electron chi connectivity index (χ3n) is 2.79. The molecule has 0 unspecified atom stereocenters. The number of carbonyl (C=O) groups is 1. The summed E-state index contributed by atoms with van der Waals surface area (Å²) in [5, 5.41) is 5.47. The number of carbonyl (C=O) groups excluding carboxylic acids is 1. The largest absolute Gasteiger partial charge is 0.493 e. The summed E-state index contributed by atoms with van der Waals surface area (Å²) in [7, 11) is 4.52. The van der Waals surface area contributed by atoms with Gasteiger partial charge in [-0.3, -0.25) is 0 Å². The standard InChI is InChI=1S/C14H16N2O4S/c1-18-11-5-4-9(6-12(11)19-2)7-15-14-16-10(8-21-14)13(17)20-3/h4-6,8H,7H2,1-3H3,(H,15,16). The van der Waals surface area contributed by atoms with E-state index < -0.39 is 5.97 Å². The molecular formula is C14H16N2O4S. The van der Waals surface area contributed by atoms with E-state index in [4.69, 9.17) is 9.47 Å². The number of rotatable bonds is 6. The summed E-state index contributed by atoms with van der Waals surface area (Å²) in [6.07, 6.45) is 0. The van der Waals surface area contributed by atoms with Gasteiger partial charge in [-0.1, -0.05) is 6.07 Å². The Morgan fingerprint density at radius 3 is 2.67 bits per heavy atom. The number of thiazole rings is 1. The maximum absolute atomic E-state index is 11.3. The predicted molar refractivity (Wildman–Crippen MR) is 80.3 cm³/mol. The molecule has 1 N–H and O–H groups in total. The highest BCUT2D eigenvalue weighted by Gasteiger charge is 2.10. The van der Waals surface area contributed by atoms with Crippen LogP contribution in [0, 0.1) is 0 Å². The van der Waals surface area contributed by atoms with Gasteiger partial charge in [-0.2, -0.15) is 0 Å². The summed E-state index contributed by atoms with van der Waals surface area (Å²) in [6.45, 7) is 0.564. The van der Waals surface area contributed by atoms with Crippen molar-refractivity contribution < 1.29 is 19.0 Å². The number of benzene rings is 1. The number of ether oxygens (including phenoxy) is 3. The Bertz CT molecular complexity index is 627. The van der Waals surface area contributed by atoms with Crippen LogP contribution in [0.15, 0.2) is 23.6 Å². The molecule has 0 saturated carbocycles. The topological polar surface area (TPSA) is 69.7 Å². The zero-order chi connectivity index (χ0) is 15.2. The Balaban J connectivity index is 2.02. The normalized spacial score (nSPS) is 10.0. The number of methoxy groups -OCH3 is 3. The zero-order valence-electron chi connectivity index (χ0n) is 12.0. The Morgan fingerprint density at radius 1 is 1.24 bits per heavy atom. The first-order chi connectivity index (χ1) is 10.2. The van der Waals surface area contributed by atoms with Crippen molar-refractivity contribution >= 4 is 22.4 Å². The SMILES string of the molecule is COC(=O)c1csc(NCc2ccc(OC)c(OC)c2)n1. The van der Waals surface area contributed by atoms with Crippen LogP contribution in [0.4, 0.5) is 5.13 Å². The smallest absolute Gasteiger partial charge is 0.357 e. The van der Waals surface area contributed by atoms with Crippen LogP contribution in [0.3, 0.4) is 0 Å². The highest BCUT2D eigenvalue weighted by Crippen LogP contribution is 2.28. The highest BCUT2D eigenvalue weighted by atomic mass is 32.1. The summed E-state index contributed by atoms with van der Waals surface area (Å²) in [6, 6.07) is 5.67. The van der Waals surface area contributed by atoms with Gasteiger partial charge in [-0.05, 0) is 17.7 Å². The van der Waals surface area contributed by atoms with Gasteiger partial charge in [0.2, 0.25) is 0 Å². The van der Waals surface area contributed by atoms with Gasteiger partial charge < -0.3 is 19.5 Å². The molecule has 7 heteroatoms. The number of hydrogen-bond acceptors (Lipinski definition) is 7. The second-order valence-corrected chi connectivity index (χ2v) is 4.93. The molecule has 0 amide bonds. The average molecular weight is 308 g/mol. The molecule has 1 aromatic heterocycles. The highest BCUT2D eigenvalue weighted by molar-refractivity contribution is 7.13. The molecule has 6 nitrogen and oxygen atoms in total. The van der Waals surface area contributed by atoms with Crippen molar-refractivity contribution in [2.75, 3.05) is 26.6 Å². The van der Waals surface area contributed by atoms with Gasteiger partial charge in [0, 0.05) is 11.9 Å². The molecular weight excluding hydrogens is 292 g/mol. The minimum Gasteiger partial charge on any atom is -0.493 e. The van der Waals surface area contributed by atoms with Crippen LogP contribution in [0.1, 0.15) is 16.1 Å². The molecule has 0 spiro atoms. The molecule has 1 heterocycles. The lowest BCUT2D eigenvalue weighted by Crippen LogP contribution is -2.03. The van der Waals surface area contributed by atoms with Crippen LogP contribution in [0.2, 0.25) is 0 Å². The fourth-order valence-electron chi connectivity index (χ4n) is 1.72. The van der Waals surface area contributed by atoms with Gasteiger partial charge in [0.15, 0.2) is 22.3 Å². The van der Waals surface area contributed by atoms with Crippen LogP contribution < -0.4 is 14.8 Å². The van der Waals surface area contributed by atoms with Crippen molar-refractivity contribution in [1.82, 2.24) is 4.98 Å². The van der Waals surface area contributed by atoms with Gasteiger partial charge in [0.1, 0.15) is 0 Å². The van der Waals surface area contributed by atoms with E-state index in [0.717, 1.165) is 5.56 Å². The first-order valence-corrected chi connectivity index (χ1v) is 7.04. The van der Waals surface area contributed by atoms with Crippen molar-refractivity contribution in [1.29, 1.82) is 0 Å². The summed E-state index contributed by atoms with van der Waals surface area (Å²) in [5.74, 6) is 0.917. The number of aromatic nitrogens is 1. The number of hydrogen-bond donors (Lipinski definition) is 1. The van der Waals surface area contributed by atoms with Gasteiger partial charge in [0.25, 0.3) is 0 Å². The van der Waals surface area contributed by atoms with Gasteiger partial charge in [-0.25, -0.2) is 9.78 Å². The average Bonchev–Trinajstić information content (AvgIpc) is 3.00. The second-order valence-electron chi connectivity index (χ2n) is 4.07. The fraction of sp³-hybridized carbons (Fsp3) is 0.286. The van der Waals surface area contributed by atoms with Crippen LogP contribution in [-0.2, 0) is 11.3 Å². The van der Waals surface area contributed by atoms with E-state index in [0.29, 0.717) is 28.9 Å². The van der Waals surface area contributed by atoms with Crippen molar-refractivity contribution in [3.05, 3.63) is 34.8 Å². The Kier molecular flexibility index (Phi) is 4.99. The molecule has 0 aliphatic rings. The fourth-order valence-corrected chi connectivity index (χ4v) is 2.40. The van der Waals surface area contributed by atoms with E-state index in [1.54, 1.807) is 19.6 Å². The lowest BCUT2D eigenvalue weighted by molar-refractivity contribution is 0.0595. The van der Waals surface area contributed by atoms with Crippen LogP contribution in [-0.4, -0.2) is 32.3 Å². The van der Waals surface area contributed by atoms with E-state index >= 15 is 0 Å². The number of anilines is 1. The minimum absolute atomic E-state index is 0.303. The molecule has 112 valence electrons. The lowest BCUT2D eigenvalue weighted by Gasteiger charge is -2.09. The third kappa shape index (κ3) is 3.63. The molecule has 0 aliphatic heterocycles. The van der Waals surface area contributed by atoms with Crippen molar-refractivity contribution in [2.45, 2.75) is 6.54 Å². The van der Waals surface area contributed by atoms with Crippen molar-refractivity contribution in [2.24, 2.45) is 0 Å². The van der Waals surface area contributed by atoms with E-state index in [2.05, 4.69) is 15.0 Å². The third-order valence-corrected chi connectivity index (χ3v) is 3.59. The Hall–Kier alpha value is -2.28. The van der Waals surface area contributed by atoms with Crippen molar-refractivity contribution in [3.8, 4) is 11.5 Å². The van der Waals surface area contributed by atoms with E-state index in [1.807, 2.05) is 18.2 Å². The maximum atomic E-state index is 11.3. The first kappa shape index (κ1) is 15.1. The molecule has 0 radical (unpaired) electrons. The molecule has 0 atom stereocenters. The van der Waals surface area contributed by atoms with Gasteiger partial charge in [-0.15, -0.1) is 11.3 Å². The quantitative estimate of drug-likeness (QED) is 0.827. The number of nitrogens with one attached hydrogen (secondary N) is 1. The number of esters is 1. The van der Waals surface area contributed by atoms with E-state index in [1.165, 1.54) is 18.4 Å². The predicted octanol–water partition coefficient (Wildman–Crippen LogP) is 2.56. The number of nitrogens with zero attached hydrogens (tertiary/aromatic N) is 1. The molecule has 2 aromatic rings. The molecule has 21 heavy (non-hydrogen) atoms. The summed E-state index contributed by atoms with van der Waals surface area (Å²) in [4.78, 5) is 15.5. The molecule has 2 rings (SSSR count). The minimum atomic E-state index is -0.439. The Labute approximate surface area is 126 Å². The van der Waals surface area contributed by atoms with Gasteiger partial charge >= 0.3 is 5.97 Å². The molecule has 0 saturated heterocycles. The van der Waals surface area contributed by atoms with Gasteiger partial charge in [0.05, 0.1) is 21.3 Å². The molecule has 0 bridgehead atoms. The van der Waals surface area contributed by atoms with Crippen molar-refractivity contribution in [3.63, 3.8) is 0 Å². The molecule has 0 fully saturated rings. The molecule has 1 aromatic carbocycles. The summed E-state index contributed by atoms with van der Waals surface area (Å²) < 4.78 is 15.1. The second kappa shape index (κ2) is 6.94. The van der Waals surface area contributed by atoms with Crippen LogP contribution >= 0.6 is 11.3 Å².